The van der Waals surface area contributed by atoms with Crippen molar-refractivity contribution in [3.05, 3.63) is 64.8 Å². The van der Waals surface area contributed by atoms with Gasteiger partial charge in [0.1, 0.15) is 4.83 Å². The number of aromatic nitrogens is 2. The van der Waals surface area contributed by atoms with E-state index in [1.165, 1.54) is 33.4 Å². The number of fused-ring (bicyclic) bond motifs is 2. The summed E-state index contributed by atoms with van der Waals surface area (Å²) in [7, 11) is 3.66. The SMILES string of the molecule is CC(C)n1cc(CN2CC[C@@H](c3c(C(=O)N(C)C)sc4ncccc34)C2)c2ccccc21. The lowest BCUT2D eigenvalue weighted by molar-refractivity contribution is 0.0831. The molecule has 1 fully saturated rings. The van der Waals surface area contributed by atoms with Crippen LogP contribution in [0.5, 0.6) is 0 Å². The molecular weight excluding hydrogens is 416 g/mol. The second-order valence-corrected chi connectivity index (χ2v) is 10.3. The molecule has 0 aliphatic carbocycles. The standard InChI is InChI=1S/C26H30N4OS/c1-17(2)30-16-19(20-8-5-6-10-22(20)30)15-29-13-11-18(14-29)23-21-9-7-12-27-25(21)32-24(23)26(31)28(3)4/h5-10,12,16-18H,11,13-15H2,1-4H3/t18-/m1/s1. The molecule has 0 radical (unpaired) electrons. The highest BCUT2D eigenvalue weighted by molar-refractivity contribution is 7.20. The molecule has 5 rings (SSSR count). The van der Waals surface area contributed by atoms with Crippen LogP contribution in [0.3, 0.4) is 0 Å². The number of hydrogen-bond donors (Lipinski definition) is 0. The van der Waals surface area contributed by atoms with Crippen molar-refractivity contribution in [1.29, 1.82) is 0 Å². The molecule has 32 heavy (non-hydrogen) atoms. The second-order valence-electron chi connectivity index (χ2n) is 9.29. The van der Waals surface area contributed by atoms with Gasteiger partial charge < -0.3 is 9.47 Å². The van der Waals surface area contributed by atoms with Gasteiger partial charge in [0.15, 0.2) is 0 Å². The lowest BCUT2D eigenvalue weighted by Crippen LogP contribution is -2.23. The summed E-state index contributed by atoms with van der Waals surface area (Å²) in [6.45, 7) is 7.42. The molecule has 1 aliphatic heterocycles. The molecule has 0 spiro atoms. The van der Waals surface area contributed by atoms with E-state index >= 15 is 0 Å². The molecule has 166 valence electrons. The van der Waals surface area contributed by atoms with Crippen LogP contribution in [0.2, 0.25) is 0 Å². The topological polar surface area (TPSA) is 41.4 Å². The van der Waals surface area contributed by atoms with Gasteiger partial charge in [0, 0.05) is 67.8 Å². The minimum atomic E-state index is 0.0847. The summed E-state index contributed by atoms with van der Waals surface area (Å²) in [5.41, 5.74) is 3.89. The number of hydrogen-bond acceptors (Lipinski definition) is 4. The maximum Gasteiger partial charge on any atom is 0.263 e. The summed E-state index contributed by atoms with van der Waals surface area (Å²) in [6, 6.07) is 13.3. The third-order valence-corrected chi connectivity index (χ3v) is 7.68. The zero-order chi connectivity index (χ0) is 22.4. The molecule has 3 aromatic heterocycles. The Kier molecular flexibility index (Phi) is 5.51. The Bertz CT molecular complexity index is 1290. The van der Waals surface area contributed by atoms with E-state index in [-0.39, 0.29) is 5.91 Å². The fraction of sp³-hybridized carbons (Fsp3) is 0.385. The summed E-state index contributed by atoms with van der Waals surface area (Å²) in [4.78, 5) is 23.6. The molecule has 1 amide bonds. The third-order valence-electron chi connectivity index (χ3n) is 6.56. The number of carbonyl (C=O) groups is 1. The highest BCUT2D eigenvalue weighted by atomic mass is 32.1. The lowest BCUT2D eigenvalue weighted by atomic mass is 9.95. The average molecular weight is 447 g/mol. The van der Waals surface area contributed by atoms with Crippen molar-refractivity contribution in [1.82, 2.24) is 19.4 Å². The third kappa shape index (κ3) is 3.61. The molecule has 4 aromatic rings. The molecule has 1 saturated heterocycles. The summed E-state index contributed by atoms with van der Waals surface area (Å²) in [5.74, 6) is 0.437. The highest BCUT2D eigenvalue weighted by Crippen LogP contribution is 2.40. The maximum absolute atomic E-state index is 13.0. The zero-order valence-electron chi connectivity index (χ0n) is 19.2. The van der Waals surface area contributed by atoms with E-state index in [1.54, 1.807) is 4.90 Å². The van der Waals surface area contributed by atoms with E-state index in [0.29, 0.717) is 12.0 Å². The Balaban J connectivity index is 1.45. The van der Waals surface area contributed by atoms with Crippen LogP contribution in [-0.4, -0.2) is 52.4 Å². The van der Waals surface area contributed by atoms with Crippen LogP contribution >= 0.6 is 11.3 Å². The minimum absolute atomic E-state index is 0.0847. The second kappa shape index (κ2) is 8.34. The summed E-state index contributed by atoms with van der Waals surface area (Å²) >= 11 is 1.54. The van der Waals surface area contributed by atoms with Gasteiger partial charge in [0.25, 0.3) is 5.91 Å². The van der Waals surface area contributed by atoms with Gasteiger partial charge in [-0.3, -0.25) is 9.69 Å². The van der Waals surface area contributed by atoms with Crippen LogP contribution in [-0.2, 0) is 6.54 Å². The predicted octanol–water partition coefficient (Wildman–Crippen LogP) is 5.52. The van der Waals surface area contributed by atoms with Crippen LogP contribution in [0.15, 0.2) is 48.8 Å². The Labute approximate surface area is 193 Å². The number of amides is 1. The van der Waals surface area contributed by atoms with Gasteiger partial charge in [0.05, 0.1) is 4.88 Å². The van der Waals surface area contributed by atoms with Crippen LogP contribution in [0, 0.1) is 0 Å². The summed E-state index contributed by atoms with van der Waals surface area (Å²) in [5, 5.41) is 2.49. The summed E-state index contributed by atoms with van der Waals surface area (Å²) in [6.07, 6.45) is 5.21. The Morgan fingerprint density at radius 1 is 1.19 bits per heavy atom. The van der Waals surface area contributed by atoms with Crippen molar-refractivity contribution in [2.75, 3.05) is 27.2 Å². The molecular formula is C26H30N4OS. The monoisotopic (exact) mass is 446 g/mol. The number of benzene rings is 1. The van der Waals surface area contributed by atoms with Crippen LogP contribution in [0.4, 0.5) is 0 Å². The van der Waals surface area contributed by atoms with E-state index < -0.39 is 0 Å². The molecule has 6 heteroatoms. The number of para-hydroxylation sites is 1. The molecule has 0 unspecified atom stereocenters. The van der Waals surface area contributed by atoms with Gasteiger partial charge in [0.2, 0.25) is 0 Å². The Morgan fingerprint density at radius 3 is 2.75 bits per heavy atom. The highest BCUT2D eigenvalue weighted by Gasteiger charge is 2.31. The molecule has 1 aromatic carbocycles. The van der Waals surface area contributed by atoms with E-state index in [0.717, 1.165) is 41.1 Å². The van der Waals surface area contributed by atoms with E-state index in [9.17, 15) is 4.79 Å². The lowest BCUT2D eigenvalue weighted by Gasteiger charge is -2.17. The molecule has 1 atom stereocenters. The fourth-order valence-corrected chi connectivity index (χ4v) is 6.25. The van der Waals surface area contributed by atoms with Gasteiger partial charge in [-0.1, -0.05) is 24.3 Å². The van der Waals surface area contributed by atoms with Crippen LogP contribution in [0.1, 0.15) is 53.0 Å². The van der Waals surface area contributed by atoms with Crippen LogP contribution < -0.4 is 0 Å². The van der Waals surface area contributed by atoms with Crippen molar-refractivity contribution < 1.29 is 4.79 Å². The number of thiophene rings is 1. The largest absolute Gasteiger partial charge is 0.345 e. The molecule has 0 bridgehead atoms. The van der Waals surface area contributed by atoms with Crippen molar-refractivity contribution in [3.8, 4) is 0 Å². The smallest absolute Gasteiger partial charge is 0.263 e. The van der Waals surface area contributed by atoms with Gasteiger partial charge in [-0.25, -0.2) is 4.98 Å². The van der Waals surface area contributed by atoms with Crippen molar-refractivity contribution in [2.45, 2.75) is 38.8 Å². The Morgan fingerprint density at radius 2 is 1.97 bits per heavy atom. The fourth-order valence-electron chi connectivity index (χ4n) is 5.00. The zero-order valence-corrected chi connectivity index (χ0v) is 20.0. The molecule has 0 N–H and O–H groups in total. The van der Waals surface area contributed by atoms with E-state index in [2.05, 4.69) is 64.8 Å². The van der Waals surface area contributed by atoms with Gasteiger partial charge in [-0.2, -0.15) is 0 Å². The molecule has 4 heterocycles. The molecule has 1 aliphatic rings. The van der Waals surface area contributed by atoms with Crippen molar-refractivity contribution in [3.63, 3.8) is 0 Å². The number of pyridine rings is 1. The molecule has 0 saturated carbocycles. The normalized spacial score (nSPS) is 17.1. The first-order chi connectivity index (χ1) is 15.4. The maximum atomic E-state index is 13.0. The number of nitrogens with zero attached hydrogens (tertiary/aromatic N) is 4. The first kappa shape index (κ1) is 21.2. The van der Waals surface area contributed by atoms with E-state index in [1.807, 2.05) is 26.4 Å². The van der Waals surface area contributed by atoms with E-state index in [4.69, 9.17) is 0 Å². The van der Waals surface area contributed by atoms with Gasteiger partial charge in [-0.15, -0.1) is 11.3 Å². The Hall–Kier alpha value is -2.70. The van der Waals surface area contributed by atoms with Crippen molar-refractivity contribution in [2.24, 2.45) is 0 Å². The van der Waals surface area contributed by atoms with Gasteiger partial charge in [-0.05, 0) is 50.1 Å². The average Bonchev–Trinajstić information content (AvgIpc) is 3.48. The number of carbonyl (C=O) groups excluding carboxylic acids is 1. The minimum Gasteiger partial charge on any atom is -0.345 e. The first-order valence-electron chi connectivity index (χ1n) is 11.3. The van der Waals surface area contributed by atoms with Crippen molar-refractivity contribution >= 4 is 38.4 Å². The summed E-state index contributed by atoms with van der Waals surface area (Å²) < 4.78 is 2.38. The van der Waals surface area contributed by atoms with Gasteiger partial charge >= 0.3 is 0 Å². The number of rotatable bonds is 5. The number of likely N-dealkylation sites (tertiary alicyclic amines) is 1. The van der Waals surface area contributed by atoms with Crippen LogP contribution in [0.25, 0.3) is 21.1 Å². The first-order valence-corrected chi connectivity index (χ1v) is 12.2. The predicted molar refractivity (Wildman–Crippen MR) is 133 cm³/mol. The molecule has 5 nitrogen and oxygen atoms in total. The quantitative estimate of drug-likeness (QED) is 0.405.